The Labute approximate surface area is 199 Å². The van der Waals surface area contributed by atoms with Crippen LogP contribution in [0.5, 0.6) is 17.2 Å². The normalized spacial score (nSPS) is 16.1. The number of hydrogen-bond acceptors (Lipinski definition) is 8. The summed E-state index contributed by atoms with van der Waals surface area (Å²) in [4.78, 5) is 19.5. The van der Waals surface area contributed by atoms with E-state index in [1.165, 1.54) is 0 Å². The van der Waals surface area contributed by atoms with Gasteiger partial charge in [-0.25, -0.2) is 0 Å². The average molecular weight is 467 g/mol. The molecule has 1 aliphatic heterocycles. The highest BCUT2D eigenvalue weighted by Gasteiger charge is 2.27. The number of carbonyl (C=O) groups excluding carboxylic acids is 1. The number of amides is 1. The van der Waals surface area contributed by atoms with Gasteiger partial charge in [-0.1, -0.05) is 17.3 Å². The fraction of sp³-hybridized carbons (Fsp3) is 0.400. The molecule has 1 unspecified atom stereocenters. The summed E-state index contributed by atoms with van der Waals surface area (Å²) in [6.45, 7) is 2.51. The molecule has 9 heteroatoms. The van der Waals surface area contributed by atoms with E-state index in [9.17, 15) is 4.79 Å². The van der Waals surface area contributed by atoms with Crippen LogP contribution in [0.3, 0.4) is 0 Å². The highest BCUT2D eigenvalue weighted by atomic mass is 16.5. The molecule has 1 amide bonds. The Kier molecular flexibility index (Phi) is 7.64. The van der Waals surface area contributed by atoms with Crippen molar-refractivity contribution in [1.82, 2.24) is 20.4 Å². The molecule has 1 N–H and O–H groups in total. The van der Waals surface area contributed by atoms with Crippen molar-refractivity contribution in [3.8, 4) is 28.6 Å². The topological polar surface area (TPSA) is 99.0 Å². The summed E-state index contributed by atoms with van der Waals surface area (Å²) in [5, 5.41) is 7.17. The molecule has 1 fully saturated rings. The van der Waals surface area contributed by atoms with Crippen LogP contribution in [0.2, 0.25) is 0 Å². The number of carbonyl (C=O) groups is 1. The van der Waals surface area contributed by atoms with Gasteiger partial charge in [0.15, 0.2) is 11.5 Å². The monoisotopic (exact) mass is 466 g/mol. The number of benzene rings is 2. The lowest BCUT2D eigenvalue weighted by molar-refractivity contribution is -0.127. The van der Waals surface area contributed by atoms with Crippen molar-refractivity contribution >= 4 is 5.91 Å². The Bertz CT molecular complexity index is 1120. The number of piperidine rings is 1. The zero-order chi connectivity index (χ0) is 23.9. The Hall–Kier alpha value is -3.59. The van der Waals surface area contributed by atoms with Crippen molar-refractivity contribution in [2.45, 2.75) is 25.9 Å². The summed E-state index contributed by atoms with van der Waals surface area (Å²) >= 11 is 0. The molecule has 0 spiro atoms. The molecule has 4 rings (SSSR count). The van der Waals surface area contributed by atoms with Crippen LogP contribution in [-0.2, 0) is 17.9 Å². The van der Waals surface area contributed by atoms with Crippen LogP contribution in [0.15, 0.2) is 47.0 Å². The van der Waals surface area contributed by atoms with Gasteiger partial charge in [0.1, 0.15) is 5.75 Å². The summed E-state index contributed by atoms with van der Waals surface area (Å²) in [6.07, 6.45) is 1.80. The van der Waals surface area contributed by atoms with Crippen molar-refractivity contribution in [2.75, 3.05) is 34.4 Å². The van der Waals surface area contributed by atoms with E-state index in [2.05, 4.69) is 20.4 Å². The van der Waals surface area contributed by atoms with Gasteiger partial charge >= 0.3 is 0 Å². The zero-order valence-electron chi connectivity index (χ0n) is 19.7. The van der Waals surface area contributed by atoms with Crippen LogP contribution in [0, 0.1) is 5.92 Å². The fourth-order valence-corrected chi connectivity index (χ4v) is 4.13. The van der Waals surface area contributed by atoms with E-state index in [0.29, 0.717) is 42.8 Å². The molecular weight excluding hydrogens is 436 g/mol. The molecule has 1 atom stereocenters. The highest BCUT2D eigenvalue weighted by Crippen LogP contribution is 2.31. The molecule has 2 heterocycles. The van der Waals surface area contributed by atoms with E-state index in [1.807, 2.05) is 42.5 Å². The molecule has 2 aromatic carbocycles. The molecule has 34 heavy (non-hydrogen) atoms. The third kappa shape index (κ3) is 5.66. The Morgan fingerprint density at radius 1 is 1.12 bits per heavy atom. The van der Waals surface area contributed by atoms with E-state index >= 15 is 0 Å². The first-order chi connectivity index (χ1) is 16.6. The molecule has 180 valence electrons. The van der Waals surface area contributed by atoms with Gasteiger partial charge < -0.3 is 24.1 Å². The van der Waals surface area contributed by atoms with Gasteiger partial charge in [0.05, 0.1) is 33.8 Å². The predicted molar refractivity (Wildman–Crippen MR) is 126 cm³/mol. The number of nitrogens with one attached hydrogen (secondary N) is 1. The molecule has 3 aromatic rings. The molecule has 1 aliphatic rings. The SMILES string of the molecule is COc1cccc(CNC(=O)C2CCCN(Cc3nc(-c4ccc(OC)c(OC)c4)no3)C2)c1. The van der Waals surface area contributed by atoms with Gasteiger partial charge in [0, 0.05) is 18.7 Å². The maximum Gasteiger partial charge on any atom is 0.241 e. The van der Waals surface area contributed by atoms with Crippen LogP contribution < -0.4 is 19.5 Å². The first-order valence-corrected chi connectivity index (χ1v) is 11.3. The Balaban J connectivity index is 1.33. The number of methoxy groups -OCH3 is 3. The minimum atomic E-state index is -0.0763. The van der Waals surface area contributed by atoms with Gasteiger partial charge in [-0.05, 0) is 55.3 Å². The van der Waals surface area contributed by atoms with Crippen molar-refractivity contribution in [1.29, 1.82) is 0 Å². The van der Waals surface area contributed by atoms with Gasteiger partial charge in [-0.3, -0.25) is 9.69 Å². The molecule has 0 bridgehead atoms. The summed E-state index contributed by atoms with van der Waals surface area (Å²) in [5.74, 6) is 3.01. The van der Waals surface area contributed by atoms with E-state index in [-0.39, 0.29) is 11.8 Å². The second-order valence-corrected chi connectivity index (χ2v) is 8.23. The molecule has 1 saturated heterocycles. The van der Waals surface area contributed by atoms with Gasteiger partial charge in [-0.2, -0.15) is 4.98 Å². The summed E-state index contributed by atoms with van der Waals surface area (Å²) in [5.41, 5.74) is 1.79. The lowest BCUT2D eigenvalue weighted by atomic mass is 9.97. The van der Waals surface area contributed by atoms with Crippen LogP contribution in [0.25, 0.3) is 11.4 Å². The molecule has 9 nitrogen and oxygen atoms in total. The van der Waals surface area contributed by atoms with Crippen molar-refractivity contribution in [2.24, 2.45) is 5.92 Å². The minimum Gasteiger partial charge on any atom is -0.497 e. The van der Waals surface area contributed by atoms with Crippen LogP contribution in [0.1, 0.15) is 24.3 Å². The third-order valence-corrected chi connectivity index (χ3v) is 5.95. The van der Waals surface area contributed by atoms with Crippen molar-refractivity contribution < 1.29 is 23.5 Å². The lowest BCUT2D eigenvalue weighted by Crippen LogP contribution is -2.42. The second-order valence-electron chi connectivity index (χ2n) is 8.23. The summed E-state index contributed by atoms with van der Waals surface area (Å²) in [7, 11) is 4.81. The number of hydrogen-bond donors (Lipinski definition) is 1. The summed E-state index contributed by atoms with van der Waals surface area (Å²) in [6, 6.07) is 13.2. The second kappa shape index (κ2) is 11.0. The maximum absolute atomic E-state index is 12.8. The average Bonchev–Trinajstić information content (AvgIpc) is 3.35. The molecule has 0 saturated carbocycles. The molecule has 1 aromatic heterocycles. The maximum atomic E-state index is 12.8. The Morgan fingerprint density at radius 3 is 2.76 bits per heavy atom. The van der Waals surface area contributed by atoms with Crippen LogP contribution >= 0.6 is 0 Å². The number of likely N-dealkylation sites (tertiary alicyclic amines) is 1. The van der Waals surface area contributed by atoms with Crippen molar-refractivity contribution in [3.05, 3.63) is 53.9 Å². The minimum absolute atomic E-state index is 0.0593. The van der Waals surface area contributed by atoms with E-state index < -0.39 is 0 Å². The van der Waals surface area contributed by atoms with E-state index in [4.69, 9.17) is 18.7 Å². The smallest absolute Gasteiger partial charge is 0.241 e. The van der Waals surface area contributed by atoms with Crippen LogP contribution in [-0.4, -0.2) is 55.4 Å². The van der Waals surface area contributed by atoms with Crippen LogP contribution in [0.4, 0.5) is 0 Å². The third-order valence-electron chi connectivity index (χ3n) is 5.95. The molecule has 0 radical (unpaired) electrons. The van der Waals surface area contributed by atoms with E-state index in [0.717, 1.165) is 36.3 Å². The molecular formula is C25H30N4O5. The number of ether oxygens (including phenoxy) is 3. The Morgan fingerprint density at radius 2 is 1.97 bits per heavy atom. The standard InChI is InChI=1S/C25H30N4O5/c1-31-20-8-4-6-17(12-20)14-26-25(30)19-7-5-11-29(15-19)16-23-27-24(28-34-23)18-9-10-21(32-2)22(13-18)33-3/h4,6,8-10,12-13,19H,5,7,11,14-16H2,1-3H3,(H,26,30). The van der Waals surface area contributed by atoms with E-state index in [1.54, 1.807) is 21.3 Å². The number of aromatic nitrogens is 2. The first-order valence-electron chi connectivity index (χ1n) is 11.3. The molecule has 0 aliphatic carbocycles. The largest absolute Gasteiger partial charge is 0.497 e. The summed E-state index contributed by atoms with van der Waals surface area (Å²) < 4.78 is 21.4. The lowest BCUT2D eigenvalue weighted by Gasteiger charge is -2.30. The zero-order valence-corrected chi connectivity index (χ0v) is 19.7. The van der Waals surface area contributed by atoms with Gasteiger partial charge in [0.2, 0.25) is 17.6 Å². The number of rotatable bonds is 9. The first kappa shape index (κ1) is 23.6. The van der Waals surface area contributed by atoms with Gasteiger partial charge in [0.25, 0.3) is 0 Å². The predicted octanol–water partition coefficient (Wildman–Crippen LogP) is 3.29. The van der Waals surface area contributed by atoms with Crippen molar-refractivity contribution in [3.63, 3.8) is 0 Å². The number of nitrogens with zero attached hydrogens (tertiary/aromatic N) is 3. The highest BCUT2D eigenvalue weighted by molar-refractivity contribution is 5.79. The van der Waals surface area contributed by atoms with Gasteiger partial charge in [-0.15, -0.1) is 0 Å². The fourth-order valence-electron chi connectivity index (χ4n) is 4.13. The quantitative estimate of drug-likeness (QED) is 0.513.